The Morgan fingerprint density at radius 1 is 1.20 bits per heavy atom. The fourth-order valence-electron chi connectivity index (χ4n) is 1.97. The Morgan fingerprint density at radius 2 is 1.90 bits per heavy atom. The molecule has 0 amide bonds. The minimum absolute atomic E-state index is 0.252. The van der Waals surface area contributed by atoms with E-state index in [4.69, 9.17) is 11.7 Å². The second kappa shape index (κ2) is 6.81. The molecule has 0 spiro atoms. The Bertz CT molecular complexity index is 435. The Kier molecular flexibility index (Phi) is 5.08. The second-order valence-corrected chi connectivity index (χ2v) is 4.90. The molecule has 0 aliphatic carbocycles. The summed E-state index contributed by atoms with van der Waals surface area (Å²) in [6, 6.07) is 0. The molecule has 0 N–H and O–H groups in total. The summed E-state index contributed by atoms with van der Waals surface area (Å²) in [7, 11) is 3.99. The van der Waals surface area contributed by atoms with Gasteiger partial charge in [0.1, 0.15) is 5.82 Å². The minimum Gasteiger partial charge on any atom is -0.378 e. The predicted octanol–water partition coefficient (Wildman–Crippen LogP) is 0.113. The van der Waals surface area contributed by atoms with E-state index < -0.39 is 0 Å². The van der Waals surface area contributed by atoms with Crippen molar-refractivity contribution in [2.45, 2.75) is 6.92 Å². The van der Waals surface area contributed by atoms with Crippen molar-refractivity contribution >= 4 is 11.9 Å². The maximum Gasteiger partial charge on any atom is 0.231 e. The zero-order valence-electron chi connectivity index (χ0n) is 12.4. The lowest BCUT2D eigenvalue weighted by Gasteiger charge is -2.28. The highest BCUT2D eigenvalue weighted by atomic mass is 16.5. The van der Waals surface area contributed by atoms with Crippen molar-refractivity contribution in [1.29, 1.82) is 0 Å². The quantitative estimate of drug-likeness (QED) is 0.709. The van der Waals surface area contributed by atoms with Gasteiger partial charge in [-0.25, -0.2) is 0 Å². The number of nitrogens with zero attached hydrogens (tertiary/aromatic N) is 6. The van der Waals surface area contributed by atoms with Crippen molar-refractivity contribution in [2.75, 3.05) is 63.4 Å². The average Bonchev–Trinajstić information content (AvgIpc) is 2.47. The van der Waals surface area contributed by atoms with Gasteiger partial charge in [0.2, 0.25) is 11.9 Å². The van der Waals surface area contributed by atoms with Crippen LogP contribution in [-0.4, -0.2) is 73.5 Å². The topological polar surface area (TPSA) is 57.6 Å². The van der Waals surface area contributed by atoms with Crippen LogP contribution in [-0.2, 0) is 4.74 Å². The monoisotopic (exact) mass is 278 g/mol. The van der Waals surface area contributed by atoms with Crippen LogP contribution in [0.25, 0.3) is 0 Å². The zero-order chi connectivity index (χ0) is 14.5. The van der Waals surface area contributed by atoms with Gasteiger partial charge in [-0.2, -0.15) is 15.0 Å². The molecule has 0 atom stereocenters. The van der Waals surface area contributed by atoms with Crippen LogP contribution in [0.3, 0.4) is 0 Å². The van der Waals surface area contributed by atoms with Gasteiger partial charge in [-0.1, -0.05) is 6.92 Å². The maximum absolute atomic E-state index is 5.81. The third kappa shape index (κ3) is 3.77. The number of rotatable bonds is 5. The molecule has 1 fully saturated rings. The van der Waals surface area contributed by atoms with E-state index in [1.807, 2.05) is 19.0 Å². The first-order chi connectivity index (χ1) is 9.60. The summed E-state index contributed by atoms with van der Waals surface area (Å²) in [5.41, 5.74) is 0. The third-order valence-electron chi connectivity index (χ3n) is 3.26. The van der Waals surface area contributed by atoms with Gasteiger partial charge in [0, 0.05) is 27.1 Å². The summed E-state index contributed by atoms with van der Waals surface area (Å²) in [5.74, 6) is 1.48. The van der Waals surface area contributed by atoms with E-state index in [9.17, 15) is 0 Å². The van der Waals surface area contributed by atoms with Crippen molar-refractivity contribution in [1.82, 2.24) is 19.9 Å². The lowest BCUT2D eigenvalue weighted by atomic mass is 10.4. The molecule has 1 aliphatic heterocycles. The van der Waals surface area contributed by atoms with Crippen LogP contribution in [0.1, 0.15) is 12.7 Å². The van der Waals surface area contributed by atoms with Crippen LogP contribution in [0, 0.1) is 6.92 Å². The Morgan fingerprint density at radius 3 is 2.55 bits per heavy atom. The SMILES string of the molecule is [CH]c1nc(N(C)CN(C)CC)nc(N2CCOCC2)n1. The first-order valence-electron chi connectivity index (χ1n) is 6.84. The van der Waals surface area contributed by atoms with Crippen molar-refractivity contribution in [2.24, 2.45) is 0 Å². The number of ether oxygens (including phenoxy) is 1. The fourth-order valence-corrected chi connectivity index (χ4v) is 1.97. The van der Waals surface area contributed by atoms with Gasteiger partial charge >= 0.3 is 0 Å². The molecule has 1 aromatic rings. The highest BCUT2D eigenvalue weighted by Gasteiger charge is 2.17. The molecule has 7 nitrogen and oxygen atoms in total. The van der Waals surface area contributed by atoms with Gasteiger partial charge < -0.3 is 14.5 Å². The first kappa shape index (κ1) is 14.9. The van der Waals surface area contributed by atoms with E-state index in [-0.39, 0.29) is 5.82 Å². The molecule has 1 aromatic heterocycles. The normalized spacial score (nSPS) is 15.8. The number of hydrogen-bond acceptors (Lipinski definition) is 7. The molecule has 110 valence electrons. The van der Waals surface area contributed by atoms with Gasteiger partial charge in [-0.15, -0.1) is 0 Å². The van der Waals surface area contributed by atoms with Crippen LogP contribution in [0.5, 0.6) is 0 Å². The van der Waals surface area contributed by atoms with Crippen molar-refractivity contribution in [3.05, 3.63) is 12.7 Å². The van der Waals surface area contributed by atoms with Gasteiger partial charge in [-0.3, -0.25) is 4.90 Å². The smallest absolute Gasteiger partial charge is 0.231 e. The molecule has 2 heterocycles. The lowest BCUT2D eigenvalue weighted by Crippen LogP contribution is -2.38. The molecule has 2 rings (SSSR count). The molecule has 0 unspecified atom stereocenters. The molecule has 0 aromatic carbocycles. The van der Waals surface area contributed by atoms with Crippen molar-refractivity contribution in [3.8, 4) is 0 Å². The Hall–Kier alpha value is -1.47. The van der Waals surface area contributed by atoms with Crippen molar-refractivity contribution in [3.63, 3.8) is 0 Å². The minimum atomic E-state index is 0.252. The first-order valence-corrected chi connectivity index (χ1v) is 6.84. The van der Waals surface area contributed by atoms with E-state index in [1.165, 1.54) is 0 Å². The second-order valence-electron chi connectivity index (χ2n) is 4.90. The van der Waals surface area contributed by atoms with Crippen LogP contribution in [0.15, 0.2) is 0 Å². The van der Waals surface area contributed by atoms with E-state index in [0.717, 1.165) is 26.3 Å². The van der Waals surface area contributed by atoms with Gasteiger partial charge in [0.25, 0.3) is 0 Å². The molecule has 20 heavy (non-hydrogen) atoms. The van der Waals surface area contributed by atoms with Crippen molar-refractivity contribution < 1.29 is 4.74 Å². The Labute approximate surface area is 120 Å². The fraction of sp³-hybridized carbons (Fsp3) is 0.692. The Balaban J connectivity index is 2.15. The molecule has 0 bridgehead atoms. The largest absolute Gasteiger partial charge is 0.378 e. The molecule has 1 aliphatic rings. The summed E-state index contributed by atoms with van der Waals surface area (Å²) in [6.07, 6.45) is 0. The molecule has 1 saturated heterocycles. The van der Waals surface area contributed by atoms with E-state index >= 15 is 0 Å². The summed E-state index contributed by atoms with van der Waals surface area (Å²) >= 11 is 0. The highest BCUT2D eigenvalue weighted by molar-refractivity contribution is 5.39. The predicted molar refractivity (Wildman–Crippen MR) is 77.8 cm³/mol. The number of aromatic nitrogens is 3. The van der Waals surface area contributed by atoms with Crippen LogP contribution in [0.2, 0.25) is 0 Å². The van der Waals surface area contributed by atoms with E-state index in [2.05, 4.69) is 31.7 Å². The van der Waals surface area contributed by atoms with Crippen LogP contribution in [0.4, 0.5) is 11.9 Å². The lowest BCUT2D eigenvalue weighted by molar-refractivity contribution is 0.122. The summed E-state index contributed by atoms with van der Waals surface area (Å²) in [4.78, 5) is 19.1. The summed E-state index contributed by atoms with van der Waals surface area (Å²) in [6.45, 7) is 12.5. The highest BCUT2D eigenvalue weighted by Crippen LogP contribution is 2.14. The van der Waals surface area contributed by atoms with E-state index in [0.29, 0.717) is 25.1 Å². The molecular weight excluding hydrogens is 256 g/mol. The number of morpholine rings is 1. The summed E-state index contributed by atoms with van der Waals surface area (Å²) < 4.78 is 5.34. The molecule has 7 heteroatoms. The van der Waals surface area contributed by atoms with Gasteiger partial charge in [-0.05, 0) is 13.6 Å². The molecule has 0 saturated carbocycles. The number of anilines is 2. The van der Waals surface area contributed by atoms with Crippen LogP contribution >= 0.6 is 0 Å². The van der Waals surface area contributed by atoms with Gasteiger partial charge in [0.05, 0.1) is 19.9 Å². The molecule has 2 radical (unpaired) electrons. The van der Waals surface area contributed by atoms with E-state index in [1.54, 1.807) is 0 Å². The average molecular weight is 278 g/mol. The zero-order valence-corrected chi connectivity index (χ0v) is 12.4. The standard InChI is InChI=1S/C13H22N6O/c1-5-17(3)10-18(4)12-14-11(2)15-13(16-12)19-6-8-20-9-7-19/h2H,5-10H2,1,3-4H3. The maximum atomic E-state index is 5.81. The molecular formula is C13H22N6O. The van der Waals surface area contributed by atoms with Crippen LogP contribution < -0.4 is 9.80 Å². The number of hydrogen-bond donors (Lipinski definition) is 0. The summed E-state index contributed by atoms with van der Waals surface area (Å²) in [5, 5.41) is 0. The van der Waals surface area contributed by atoms with Gasteiger partial charge in [0.15, 0.2) is 0 Å². The third-order valence-corrected chi connectivity index (χ3v) is 3.26.